The summed E-state index contributed by atoms with van der Waals surface area (Å²) in [5.41, 5.74) is 4.40. The highest BCUT2D eigenvalue weighted by Crippen LogP contribution is 2.36. The number of rotatable bonds is 2. The predicted octanol–water partition coefficient (Wildman–Crippen LogP) is 4.15. The molecule has 1 aromatic carbocycles. The lowest BCUT2D eigenvalue weighted by molar-refractivity contribution is 0.990. The van der Waals surface area contributed by atoms with Gasteiger partial charge >= 0.3 is 0 Å². The summed E-state index contributed by atoms with van der Waals surface area (Å²) in [4.78, 5) is 0. The van der Waals surface area contributed by atoms with Crippen molar-refractivity contribution in [3.63, 3.8) is 0 Å². The monoisotopic (exact) mass is 184 g/mol. The van der Waals surface area contributed by atoms with E-state index in [4.69, 9.17) is 0 Å². The lowest BCUT2D eigenvalue weighted by Crippen LogP contribution is -1.85. The first-order valence-corrected chi connectivity index (χ1v) is 5.24. The van der Waals surface area contributed by atoms with Crippen molar-refractivity contribution in [1.29, 1.82) is 0 Å². The fourth-order valence-electron chi connectivity index (χ4n) is 2.09. The summed E-state index contributed by atoms with van der Waals surface area (Å²) in [7, 11) is 0. The van der Waals surface area contributed by atoms with Crippen LogP contribution >= 0.6 is 0 Å². The maximum atomic E-state index is 2.38. The van der Waals surface area contributed by atoms with Gasteiger partial charge in [0.15, 0.2) is 0 Å². The van der Waals surface area contributed by atoms with E-state index >= 15 is 0 Å². The van der Waals surface area contributed by atoms with Gasteiger partial charge in [-0.05, 0) is 30.0 Å². The third-order valence-corrected chi connectivity index (χ3v) is 2.82. The maximum Gasteiger partial charge on any atom is 0.000174 e. The van der Waals surface area contributed by atoms with Crippen LogP contribution in [0, 0.1) is 0 Å². The van der Waals surface area contributed by atoms with Crippen LogP contribution in [0.3, 0.4) is 0 Å². The van der Waals surface area contributed by atoms with Gasteiger partial charge in [0.05, 0.1) is 0 Å². The summed E-state index contributed by atoms with van der Waals surface area (Å²) >= 11 is 0. The molecule has 2 rings (SSSR count). The molecule has 0 spiro atoms. The van der Waals surface area contributed by atoms with Crippen molar-refractivity contribution in [3.05, 3.63) is 53.6 Å². The number of benzene rings is 1. The van der Waals surface area contributed by atoms with Crippen molar-refractivity contribution < 1.29 is 0 Å². The fourth-order valence-corrected chi connectivity index (χ4v) is 2.09. The van der Waals surface area contributed by atoms with Crippen LogP contribution in [0.2, 0.25) is 0 Å². The number of allylic oxidation sites excluding steroid dienone is 4. The van der Waals surface area contributed by atoms with Crippen LogP contribution in [-0.4, -0.2) is 0 Å². The van der Waals surface area contributed by atoms with Gasteiger partial charge in [0.25, 0.3) is 0 Å². The van der Waals surface area contributed by atoms with E-state index in [1.807, 2.05) is 0 Å². The molecule has 1 atom stereocenters. The van der Waals surface area contributed by atoms with E-state index in [2.05, 4.69) is 56.3 Å². The molecular weight excluding hydrogens is 168 g/mol. The molecule has 0 radical (unpaired) electrons. The summed E-state index contributed by atoms with van der Waals surface area (Å²) in [6.07, 6.45) is 7.79. The Bertz CT molecular complexity index is 383. The zero-order valence-electron chi connectivity index (χ0n) is 8.83. The highest BCUT2D eigenvalue weighted by molar-refractivity contribution is 5.75. The largest absolute Gasteiger partial charge is 0.0913 e. The van der Waals surface area contributed by atoms with Crippen molar-refractivity contribution in [2.45, 2.75) is 26.2 Å². The van der Waals surface area contributed by atoms with E-state index < -0.39 is 0 Å². The molecule has 0 heterocycles. The summed E-state index contributed by atoms with van der Waals surface area (Å²) in [5.74, 6) is 0.589. The zero-order valence-corrected chi connectivity index (χ0v) is 8.83. The van der Waals surface area contributed by atoms with E-state index in [0.29, 0.717) is 5.92 Å². The van der Waals surface area contributed by atoms with Gasteiger partial charge in [-0.3, -0.25) is 0 Å². The minimum absolute atomic E-state index is 0.589. The highest BCUT2D eigenvalue weighted by atomic mass is 14.2. The molecule has 0 nitrogen and oxygen atoms in total. The minimum atomic E-state index is 0.589. The molecule has 0 saturated heterocycles. The van der Waals surface area contributed by atoms with E-state index in [0.717, 1.165) is 6.42 Å². The Balaban J connectivity index is 2.33. The molecule has 0 amide bonds. The molecule has 0 N–H and O–H groups in total. The van der Waals surface area contributed by atoms with E-state index in [1.165, 1.54) is 16.7 Å². The molecular formula is C14H16. The Labute approximate surface area is 86.0 Å². The fraction of sp³-hybridized carbons (Fsp3) is 0.286. The summed E-state index contributed by atoms with van der Waals surface area (Å²) in [6.45, 7) is 4.34. The van der Waals surface area contributed by atoms with Crippen molar-refractivity contribution in [2.24, 2.45) is 0 Å². The maximum absolute atomic E-state index is 2.38. The molecule has 0 heteroatoms. The van der Waals surface area contributed by atoms with Gasteiger partial charge < -0.3 is 0 Å². The van der Waals surface area contributed by atoms with Crippen molar-refractivity contribution in [3.8, 4) is 0 Å². The molecule has 0 bridgehead atoms. The number of fused-ring (bicyclic) bond motifs is 1. The first-order chi connectivity index (χ1) is 6.83. The van der Waals surface area contributed by atoms with Crippen LogP contribution in [0.15, 0.2) is 42.5 Å². The van der Waals surface area contributed by atoms with Crippen LogP contribution in [0.1, 0.15) is 37.3 Å². The van der Waals surface area contributed by atoms with Gasteiger partial charge in [-0.25, -0.2) is 0 Å². The Morgan fingerprint density at radius 2 is 2.07 bits per heavy atom. The number of hydrogen-bond donors (Lipinski definition) is 0. The summed E-state index contributed by atoms with van der Waals surface area (Å²) < 4.78 is 0. The molecule has 0 aliphatic heterocycles. The average Bonchev–Trinajstić information content (AvgIpc) is 2.54. The van der Waals surface area contributed by atoms with Gasteiger partial charge in [0, 0.05) is 5.92 Å². The van der Waals surface area contributed by atoms with E-state index in [-0.39, 0.29) is 0 Å². The van der Waals surface area contributed by atoms with Gasteiger partial charge in [0.1, 0.15) is 0 Å². The average molecular weight is 184 g/mol. The van der Waals surface area contributed by atoms with Crippen molar-refractivity contribution in [1.82, 2.24) is 0 Å². The van der Waals surface area contributed by atoms with Gasteiger partial charge in [0.2, 0.25) is 0 Å². The molecule has 72 valence electrons. The third kappa shape index (κ3) is 1.52. The second kappa shape index (κ2) is 3.83. The standard InChI is InChI=1S/C14H16/c1-3-4-7-12-10-11(2)13-8-5-6-9-14(12)13/h3-6,8-11H,7H2,1-2H3/b4-3+. The molecule has 1 aliphatic carbocycles. The second-order valence-corrected chi connectivity index (χ2v) is 3.84. The smallest absolute Gasteiger partial charge is 0.000174 e. The summed E-state index contributed by atoms with van der Waals surface area (Å²) in [6, 6.07) is 8.72. The van der Waals surface area contributed by atoms with Crippen molar-refractivity contribution >= 4 is 5.57 Å². The van der Waals surface area contributed by atoms with Gasteiger partial charge in [-0.2, -0.15) is 0 Å². The Morgan fingerprint density at radius 1 is 1.29 bits per heavy atom. The lowest BCUT2D eigenvalue weighted by Gasteiger charge is -2.04. The summed E-state index contributed by atoms with van der Waals surface area (Å²) in [5, 5.41) is 0. The van der Waals surface area contributed by atoms with Crippen molar-refractivity contribution in [2.75, 3.05) is 0 Å². The zero-order chi connectivity index (χ0) is 9.97. The van der Waals surface area contributed by atoms with E-state index in [9.17, 15) is 0 Å². The molecule has 1 aromatic rings. The molecule has 0 aromatic heterocycles. The topological polar surface area (TPSA) is 0 Å². The molecule has 1 unspecified atom stereocenters. The molecule has 0 saturated carbocycles. The van der Waals surface area contributed by atoms with Gasteiger partial charge in [-0.1, -0.05) is 49.4 Å². The Kier molecular flexibility index (Phi) is 2.53. The van der Waals surface area contributed by atoms with Crippen LogP contribution in [-0.2, 0) is 0 Å². The minimum Gasteiger partial charge on any atom is -0.0913 e. The van der Waals surface area contributed by atoms with E-state index in [1.54, 1.807) is 0 Å². The molecule has 0 fully saturated rings. The first-order valence-electron chi connectivity index (χ1n) is 5.24. The Morgan fingerprint density at radius 3 is 2.86 bits per heavy atom. The first kappa shape index (κ1) is 9.26. The third-order valence-electron chi connectivity index (χ3n) is 2.82. The van der Waals surface area contributed by atoms with Crippen LogP contribution in [0.4, 0.5) is 0 Å². The quantitative estimate of drug-likeness (QED) is 0.605. The predicted molar refractivity (Wildman–Crippen MR) is 62.3 cm³/mol. The lowest BCUT2D eigenvalue weighted by atomic mass is 10.0. The Hall–Kier alpha value is -1.30. The molecule has 14 heavy (non-hydrogen) atoms. The molecule has 1 aliphatic rings. The van der Waals surface area contributed by atoms with Gasteiger partial charge in [-0.15, -0.1) is 0 Å². The SMILES string of the molecule is C/C=C/CC1=CC(C)c2ccccc21. The van der Waals surface area contributed by atoms with Crippen LogP contribution < -0.4 is 0 Å². The van der Waals surface area contributed by atoms with Crippen LogP contribution in [0.25, 0.3) is 5.57 Å². The normalized spacial score (nSPS) is 19.9. The number of hydrogen-bond acceptors (Lipinski definition) is 0. The van der Waals surface area contributed by atoms with Crippen LogP contribution in [0.5, 0.6) is 0 Å². The highest BCUT2D eigenvalue weighted by Gasteiger charge is 2.17. The second-order valence-electron chi connectivity index (χ2n) is 3.84.